The van der Waals surface area contributed by atoms with Gasteiger partial charge >= 0.3 is 6.18 Å². The molecular weight excluding hydrogens is 473 g/mol. The number of halogens is 3. The maximum absolute atomic E-state index is 13.0. The molecule has 5 nitrogen and oxygen atoms in total. The highest BCUT2D eigenvalue weighted by Crippen LogP contribution is 2.34. The highest BCUT2D eigenvalue weighted by atomic mass is 32.2. The van der Waals surface area contributed by atoms with Crippen LogP contribution in [0.15, 0.2) is 58.8 Å². The number of alkyl halides is 3. The summed E-state index contributed by atoms with van der Waals surface area (Å²) < 4.78 is 70.4. The van der Waals surface area contributed by atoms with Crippen molar-refractivity contribution in [2.24, 2.45) is 0 Å². The van der Waals surface area contributed by atoms with Gasteiger partial charge in [-0.05, 0) is 62.2 Å². The highest BCUT2D eigenvalue weighted by molar-refractivity contribution is 7.92. The molecule has 1 aliphatic rings. The second kappa shape index (κ2) is 9.34. The topological polar surface area (TPSA) is 59.5 Å². The summed E-state index contributed by atoms with van der Waals surface area (Å²) in [5, 5.41) is 2.04. The Morgan fingerprint density at radius 3 is 2.45 bits per heavy atom. The fourth-order valence-corrected chi connectivity index (χ4v) is 6.49. The molecule has 0 radical (unpaired) electrons. The number of rotatable bonds is 6. The molecule has 0 N–H and O–H groups in total. The molecule has 10 heteroatoms. The third-order valence-electron chi connectivity index (χ3n) is 5.59. The van der Waals surface area contributed by atoms with E-state index in [1.807, 2.05) is 41.5 Å². The van der Waals surface area contributed by atoms with E-state index in [2.05, 4.69) is 0 Å². The Hall–Kier alpha value is -2.59. The van der Waals surface area contributed by atoms with Crippen LogP contribution in [0.4, 0.5) is 18.3 Å². The molecule has 0 atom stereocenters. The number of benzene rings is 2. The molecule has 2 aromatic carbocycles. The van der Waals surface area contributed by atoms with Crippen LogP contribution in [0.25, 0.3) is 11.3 Å². The zero-order chi connectivity index (χ0) is 23.6. The molecule has 0 bridgehead atoms. The number of hydrogen-bond donors (Lipinski definition) is 0. The minimum Gasteiger partial charge on any atom is -0.494 e. The van der Waals surface area contributed by atoms with Gasteiger partial charge in [-0.25, -0.2) is 13.4 Å². The number of ether oxygens (including phenoxy) is 1. The monoisotopic (exact) mass is 496 g/mol. The number of hydrogen-bond acceptors (Lipinski definition) is 6. The Kier molecular flexibility index (Phi) is 6.67. The predicted molar refractivity (Wildman–Crippen MR) is 123 cm³/mol. The second-order valence-corrected chi connectivity index (χ2v) is 10.8. The van der Waals surface area contributed by atoms with Crippen molar-refractivity contribution in [3.05, 3.63) is 59.5 Å². The molecule has 0 unspecified atom stereocenters. The molecule has 0 aliphatic carbocycles. The zero-order valence-electron chi connectivity index (χ0n) is 17.9. The largest absolute Gasteiger partial charge is 0.494 e. The highest BCUT2D eigenvalue weighted by Gasteiger charge is 2.35. The molecule has 1 aliphatic heterocycles. The van der Waals surface area contributed by atoms with Gasteiger partial charge < -0.3 is 9.64 Å². The first kappa shape index (κ1) is 23.6. The lowest BCUT2D eigenvalue weighted by atomic mass is 10.1. The summed E-state index contributed by atoms with van der Waals surface area (Å²) in [7, 11) is -3.85. The Morgan fingerprint density at radius 1 is 1.12 bits per heavy atom. The van der Waals surface area contributed by atoms with Gasteiger partial charge in [0.1, 0.15) is 5.75 Å². The molecule has 0 spiro atoms. The van der Waals surface area contributed by atoms with Gasteiger partial charge in [-0.15, -0.1) is 11.3 Å². The fraction of sp³-hybridized carbons (Fsp3) is 0.348. The molecule has 1 aromatic heterocycles. The summed E-state index contributed by atoms with van der Waals surface area (Å²) in [6.45, 7) is 3.46. The number of thiazole rings is 1. The summed E-state index contributed by atoms with van der Waals surface area (Å²) in [6.07, 6.45) is -3.92. The predicted octanol–water partition coefficient (Wildman–Crippen LogP) is 5.67. The minimum absolute atomic E-state index is 0.275. The van der Waals surface area contributed by atoms with Crippen LogP contribution in [-0.2, 0) is 16.0 Å². The van der Waals surface area contributed by atoms with Gasteiger partial charge in [0, 0.05) is 24.0 Å². The van der Waals surface area contributed by atoms with Crippen molar-refractivity contribution in [3.63, 3.8) is 0 Å². The van der Waals surface area contributed by atoms with E-state index in [1.165, 1.54) is 17.4 Å². The van der Waals surface area contributed by atoms with Crippen LogP contribution in [0.3, 0.4) is 0 Å². The molecule has 1 saturated heterocycles. The lowest BCUT2D eigenvalue weighted by Crippen LogP contribution is -2.39. The summed E-state index contributed by atoms with van der Waals surface area (Å²) in [4.78, 5) is 6.45. The van der Waals surface area contributed by atoms with Crippen LogP contribution in [0.2, 0.25) is 0 Å². The van der Waals surface area contributed by atoms with Crippen molar-refractivity contribution < 1.29 is 26.3 Å². The number of sulfone groups is 1. The Labute approximate surface area is 194 Å². The lowest BCUT2D eigenvalue weighted by molar-refractivity contribution is -0.137. The minimum atomic E-state index is -4.58. The molecule has 2 heterocycles. The van der Waals surface area contributed by atoms with Crippen molar-refractivity contribution in [3.8, 4) is 17.0 Å². The van der Waals surface area contributed by atoms with Crippen LogP contribution in [0.5, 0.6) is 5.75 Å². The quantitative estimate of drug-likeness (QED) is 0.440. The fourth-order valence-electron chi connectivity index (χ4n) is 3.83. The molecule has 3 aromatic rings. The summed E-state index contributed by atoms with van der Waals surface area (Å²) in [5.74, 6) is 0.792. The average molecular weight is 497 g/mol. The van der Waals surface area contributed by atoms with Gasteiger partial charge in [0.25, 0.3) is 0 Å². The smallest absolute Gasteiger partial charge is 0.416 e. The maximum Gasteiger partial charge on any atom is 0.416 e. The molecule has 33 heavy (non-hydrogen) atoms. The summed E-state index contributed by atoms with van der Waals surface area (Å²) in [6, 6.07) is 11.7. The maximum atomic E-state index is 13.0. The molecule has 0 amide bonds. The van der Waals surface area contributed by atoms with Crippen LogP contribution < -0.4 is 9.64 Å². The van der Waals surface area contributed by atoms with E-state index < -0.39 is 26.8 Å². The Bertz CT molecular complexity index is 1200. The summed E-state index contributed by atoms with van der Waals surface area (Å²) >= 11 is 1.48. The van der Waals surface area contributed by atoms with Crippen molar-refractivity contribution in [2.75, 3.05) is 24.6 Å². The number of anilines is 1. The average Bonchev–Trinajstić information content (AvgIpc) is 3.30. The second-order valence-electron chi connectivity index (χ2n) is 7.73. The first-order valence-corrected chi connectivity index (χ1v) is 13.0. The number of aromatic nitrogens is 1. The molecular formula is C23H23F3N2O3S2. The van der Waals surface area contributed by atoms with E-state index in [4.69, 9.17) is 9.72 Å². The normalized spacial score (nSPS) is 15.6. The van der Waals surface area contributed by atoms with Crippen LogP contribution in [0, 0.1) is 0 Å². The van der Waals surface area contributed by atoms with E-state index >= 15 is 0 Å². The molecule has 4 rings (SSSR count). The van der Waals surface area contributed by atoms with Crippen LogP contribution in [0.1, 0.15) is 25.3 Å². The van der Waals surface area contributed by atoms with Crippen LogP contribution in [-0.4, -0.2) is 38.3 Å². The molecule has 1 fully saturated rings. The standard InChI is InChI=1S/C23H23F3N2O3S2/c1-2-31-18-8-6-16(7-9-18)21-15-32-22(27-21)28-12-10-19(11-13-28)33(29,30)20-5-3-4-17(14-20)23(24,25)26/h3-9,14-15,19H,2,10-13H2,1H3. The first-order valence-electron chi connectivity index (χ1n) is 10.5. The number of nitrogens with zero attached hydrogens (tertiary/aromatic N) is 2. The third kappa shape index (κ3) is 5.16. The van der Waals surface area contributed by atoms with E-state index in [9.17, 15) is 21.6 Å². The van der Waals surface area contributed by atoms with E-state index in [1.54, 1.807) is 0 Å². The van der Waals surface area contributed by atoms with Gasteiger partial charge in [0.05, 0.1) is 28.0 Å². The lowest BCUT2D eigenvalue weighted by Gasteiger charge is -2.31. The van der Waals surface area contributed by atoms with E-state index in [0.717, 1.165) is 40.3 Å². The number of piperidine rings is 1. The van der Waals surface area contributed by atoms with Gasteiger partial charge in [0.15, 0.2) is 15.0 Å². The zero-order valence-corrected chi connectivity index (χ0v) is 19.5. The molecule has 0 saturated carbocycles. The van der Waals surface area contributed by atoms with Crippen molar-refractivity contribution in [2.45, 2.75) is 36.1 Å². The van der Waals surface area contributed by atoms with Crippen molar-refractivity contribution in [1.82, 2.24) is 4.98 Å². The van der Waals surface area contributed by atoms with Gasteiger partial charge in [-0.1, -0.05) is 6.07 Å². The first-order chi connectivity index (χ1) is 15.7. The van der Waals surface area contributed by atoms with E-state index in [-0.39, 0.29) is 4.90 Å². The summed E-state index contributed by atoms with van der Waals surface area (Å²) in [5.41, 5.74) is 0.838. The van der Waals surface area contributed by atoms with Crippen molar-refractivity contribution >= 4 is 26.3 Å². The SMILES string of the molecule is CCOc1ccc(-c2csc(N3CCC(S(=O)(=O)c4cccc(C(F)(F)F)c4)CC3)n2)cc1. The Balaban J connectivity index is 1.43. The van der Waals surface area contributed by atoms with E-state index in [0.29, 0.717) is 32.5 Å². The Morgan fingerprint density at radius 2 is 1.82 bits per heavy atom. The van der Waals surface area contributed by atoms with Gasteiger partial charge in [-0.3, -0.25) is 0 Å². The third-order valence-corrected chi connectivity index (χ3v) is 8.76. The van der Waals surface area contributed by atoms with Crippen molar-refractivity contribution in [1.29, 1.82) is 0 Å². The van der Waals surface area contributed by atoms with Crippen LogP contribution >= 0.6 is 11.3 Å². The van der Waals surface area contributed by atoms with Gasteiger partial charge in [0.2, 0.25) is 0 Å². The molecule has 176 valence electrons. The van der Waals surface area contributed by atoms with Gasteiger partial charge in [-0.2, -0.15) is 13.2 Å².